The normalized spacial score (nSPS) is 11.9. The van der Waals surface area contributed by atoms with Gasteiger partial charge >= 0.3 is 0 Å². The van der Waals surface area contributed by atoms with Crippen LogP contribution in [0.3, 0.4) is 0 Å². The van der Waals surface area contributed by atoms with Gasteiger partial charge in [-0.05, 0) is 41.3 Å². The van der Waals surface area contributed by atoms with Crippen molar-refractivity contribution in [3.05, 3.63) is 71.2 Å². The third-order valence-electron chi connectivity index (χ3n) is 4.55. The van der Waals surface area contributed by atoms with Crippen LogP contribution in [0.4, 0.5) is 4.39 Å². The van der Waals surface area contributed by atoms with Crippen molar-refractivity contribution < 1.29 is 12.8 Å². The fourth-order valence-corrected chi connectivity index (χ4v) is 3.94. The summed E-state index contributed by atoms with van der Waals surface area (Å²) in [6.45, 7) is 1.25. The number of nitrogens with one attached hydrogen (secondary N) is 3. The number of hydrogen-bond donors (Lipinski definition) is 3. The monoisotopic (exact) mass is 544 g/mol. The third kappa shape index (κ3) is 6.98. The molecule has 0 atom stereocenters. The molecule has 3 aromatic rings. The number of halogens is 2. The highest BCUT2D eigenvalue weighted by molar-refractivity contribution is 14.0. The van der Waals surface area contributed by atoms with Crippen molar-refractivity contribution in [1.82, 2.24) is 15.6 Å². The molecule has 0 saturated carbocycles. The average molecular weight is 544 g/mol. The number of aromatic nitrogens is 1. The molecule has 3 N–H and O–H groups in total. The maximum absolute atomic E-state index is 13.3. The van der Waals surface area contributed by atoms with Crippen LogP contribution >= 0.6 is 24.0 Å². The summed E-state index contributed by atoms with van der Waals surface area (Å²) in [5.74, 6) is 0.471. The standard InChI is InChI=1S/C21H25FN4O2S.HI/c1-23-21(26-12-15-3-5-16(6-4-15)14-29(2,27)28)24-10-9-17-13-25-20-11-18(22)7-8-19(17)20;/h3-8,11,13,25H,9-10,12,14H2,1-2H3,(H2,23,24,26);1H. The molecule has 3 rings (SSSR count). The van der Waals surface area contributed by atoms with E-state index >= 15 is 0 Å². The zero-order valence-electron chi connectivity index (χ0n) is 16.9. The predicted octanol–water partition coefficient (Wildman–Crippen LogP) is 3.38. The fraction of sp³-hybridized carbons (Fsp3) is 0.286. The summed E-state index contributed by atoms with van der Waals surface area (Å²) < 4.78 is 36.0. The Morgan fingerprint density at radius 2 is 1.80 bits per heavy atom. The van der Waals surface area contributed by atoms with Gasteiger partial charge < -0.3 is 15.6 Å². The van der Waals surface area contributed by atoms with E-state index in [4.69, 9.17) is 0 Å². The minimum atomic E-state index is -3.03. The van der Waals surface area contributed by atoms with Crippen molar-refractivity contribution in [2.75, 3.05) is 19.8 Å². The van der Waals surface area contributed by atoms with Crippen LogP contribution in [0.1, 0.15) is 16.7 Å². The maximum Gasteiger partial charge on any atom is 0.191 e. The minimum Gasteiger partial charge on any atom is -0.361 e. The molecule has 0 bridgehead atoms. The number of guanidine groups is 1. The van der Waals surface area contributed by atoms with Crippen molar-refractivity contribution in [3.8, 4) is 0 Å². The van der Waals surface area contributed by atoms with Crippen molar-refractivity contribution in [2.45, 2.75) is 18.7 Å². The summed E-state index contributed by atoms with van der Waals surface area (Å²) in [4.78, 5) is 7.31. The highest BCUT2D eigenvalue weighted by Crippen LogP contribution is 2.19. The molecule has 0 radical (unpaired) electrons. The number of benzene rings is 2. The quantitative estimate of drug-likeness (QED) is 0.242. The van der Waals surface area contributed by atoms with Crippen LogP contribution in [0.5, 0.6) is 0 Å². The number of hydrogen-bond acceptors (Lipinski definition) is 3. The second-order valence-electron chi connectivity index (χ2n) is 6.99. The van der Waals surface area contributed by atoms with Gasteiger partial charge in [0.25, 0.3) is 0 Å². The Morgan fingerprint density at radius 1 is 1.10 bits per heavy atom. The molecule has 1 aromatic heterocycles. The van der Waals surface area contributed by atoms with E-state index in [1.165, 1.54) is 18.4 Å². The number of nitrogens with zero attached hydrogens (tertiary/aromatic N) is 1. The smallest absolute Gasteiger partial charge is 0.191 e. The number of aromatic amines is 1. The van der Waals surface area contributed by atoms with Crippen molar-refractivity contribution in [1.29, 1.82) is 0 Å². The molecule has 30 heavy (non-hydrogen) atoms. The van der Waals surface area contributed by atoms with Gasteiger partial charge in [0.05, 0.1) is 5.75 Å². The SMILES string of the molecule is CN=C(NCCc1c[nH]c2cc(F)ccc12)NCc1ccc(CS(C)(=O)=O)cc1.I. The number of sulfone groups is 1. The highest BCUT2D eigenvalue weighted by atomic mass is 127. The minimum absolute atomic E-state index is 0. The molecular formula is C21H26FIN4O2S. The second-order valence-corrected chi connectivity index (χ2v) is 9.13. The molecule has 6 nitrogen and oxygen atoms in total. The highest BCUT2D eigenvalue weighted by Gasteiger charge is 2.06. The first kappa shape index (κ1) is 24.1. The van der Waals surface area contributed by atoms with Crippen molar-refractivity contribution >= 4 is 50.7 Å². The summed E-state index contributed by atoms with van der Waals surface area (Å²) in [6.07, 6.45) is 3.90. The van der Waals surface area contributed by atoms with Gasteiger partial charge in [-0.1, -0.05) is 24.3 Å². The number of H-pyrrole nitrogens is 1. The summed E-state index contributed by atoms with van der Waals surface area (Å²) in [5, 5.41) is 7.53. The summed E-state index contributed by atoms with van der Waals surface area (Å²) in [6, 6.07) is 12.2. The molecule has 0 aliphatic carbocycles. The molecule has 1 heterocycles. The molecule has 0 aliphatic heterocycles. The Kier molecular flexibility index (Phi) is 8.65. The number of aliphatic imine (C=N–C) groups is 1. The van der Waals surface area contributed by atoms with E-state index in [9.17, 15) is 12.8 Å². The van der Waals surface area contributed by atoms with Gasteiger partial charge in [-0.2, -0.15) is 0 Å². The first-order valence-corrected chi connectivity index (χ1v) is 11.4. The fourth-order valence-electron chi connectivity index (χ4n) is 3.14. The van der Waals surface area contributed by atoms with Gasteiger partial charge in [0.15, 0.2) is 15.8 Å². The Hall–Kier alpha value is -2.14. The molecule has 0 unspecified atom stereocenters. The third-order valence-corrected chi connectivity index (χ3v) is 5.41. The lowest BCUT2D eigenvalue weighted by Crippen LogP contribution is -2.37. The molecule has 0 fully saturated rings. The van der Waals surface area contributed by atoms with Crippen molar-refractivity contribution in [2.24, 2.45) is 4.99 Å². The van der Waals surface area contributed by atoms with Gasteiger partial charge in [-0.15, -0.1) is 24.0 Å². The first-order chi connectivity index (χ1) is 13.8. The number of rotatable bonds is 7. The maximum atomic E-state index is 13.3. The lowest BCUT2D eigenvalue weighted by Gasteiger charge is -2.12. The van der Waals surface area contributed by atoms with E-state index in [1.807, 2.05) is 30.5 Å². The van der Waals surface area contributed by atoms with Gasteiger partial charge in [0.1, 0.15) is 5.82 Å². The molecule has 9 heteroatoms. The number of fused-ring (bicyclic) bond motifs is 1. The molecule has 2 aromatic carbocycles. The van der Waals surface area contributed by atoms with Crippen LogP contribution in [0.2, 0.25) is 0 Å². The summed E-state index contributed by atoms with van der Waals surface area (Å²) in [5.41, 5.74) is 3.72. The largest absolute Gasteiger partial charge is 0.361 e. The van der Waals surface area contributed by atoms with E-state index < -0.39 is 9.84 Å². The van der Waals surface area contributed by atoms with E-state index in [2.05, 4.69) is 20.6 Å². The molecular weight excluding hydrogens is 518 g/mol. The lowest BCUT2D eigenvalue weighted by molar-refractivity contribution is 0.601. The first-order valence-electron chi connectivity index (χ1n) is 9.29. The van der Waals surface area contributed by atoms with Gasteiger partial charge in [0.2, 0.25) is 0 Å². The zero-order valence-corrected chi connectivity index (χ0v) is 20.1. The Bertz CT molecular complexity index is 1110. The van der Waals surface area contributed by atoms with Crippen LogP contribution in [-0.2, 0) is 28.6 Å². The van der Waals surface area contributed by atoms with E-state index in [1.54, 1.807) is 13.1 Å². The molecule has 0 amide bonds. The zero-order chi connectivity index (χ0) is 20.9. The van der Waals surface area contributed by atoms with E-state index in [0.29, 0.717) is 19.0 Å². The van der Waals surface area contributed by atoms with Crippen LogP contribution in [0.15, 0.2) is 53.7 Å². The van der Waals surface area contributed by atoms with E-state index in [0.717, 1.165) is 34.0 Å². The Balaban J connectivity index is 0.00000320. The van der Waals surface area contributed by atoms with Gasteiger partial charge in [0, 0.05) is 43.5 Å². The second kappa shape index (κ2) is 10.8. The van der Waals surface area contributed by atoms with E-state index in [-0.39, 0.29) is 35.5 Å². The predicted molar refractivity (Wildman–Crippen MR) is 131 cm³/mol. The lowest BCUT2D eigenvalue weighted by atomic mass is 10.1. The summed E-state index contributed by atoms with van der Waals surface area (Å²) >= 11 is 0. The van der Waals surface area contributed by atoms with Gasteiger partial charge in [-0.3, -0.25) is 4.99 Å². The summed E-state index contributed by atoms with van der Waals surface area (Å²) in [7, 11) is -1.32. The van der Waals surface area contributed by atoms with Crippen molar-refractivity contribution in [3.63, 3.8) is 0 Å². The molecule has 162 valence electrons. The Labute approximate surface area is 193 Å². The van der Waals surface area contributed by atoms with Crippen LogP contribution in [0, 0.1) is 5.82 Å². The van der Waals surface area contributed by atoms with Gasteiger partial charge in [-0.25, -0.2) is 12.8 Å². The van der Waals surface area contributed by atoms with Crippen LogP contribution in [-0.4, -0.2) is 39.2 Å². The molecule has 0 saturated heterocycles. The average Bonchev–Trinajstić information content (AvgIpc) is 3.06. The topological polar surface area (TPSA) is 86.3 Å². The molecule has 0 spiro atoms. The molecule has 0 aliphatic rings. The Morgan fingerprint density at radius 3 is 2.47 bits per heavy atom. The van der Waals surface area contributed by atoms with Crippen LogP contribution in [0.25, 0.3) is 10.9 Å². The van der Waals surface area contributed by atoms with Crippen LogP contribution < -0.4 is 10.6 Å².